The highest BCUT2D eigenvalue weighted by Gasteiger charge is 2.23. The molecule has 0 saturated carbocycles. The van der Waals surface area contributed by atoms with Gasteiger partial charge in [0.1, 0.15) is 22.3 Å². The number of aromatic nitrogens is 2. The molecule has 0 fully saturated rings. The van der Waals surface area contributed by atoms with Crippen molar-refractivity contribution in [3.8, 4) is 6.07 Å². The number of nitrogens with one attached hydrogen (secondary N) is 2. The molecule has 98 valence electrons. The van der Waals surface area contributed by atoms with E-state index < -0.39 is 20.7 Å². The number of sulfonamides is 1. The molecule has 0 bridgehead atoms. The SMILES string of the molecule is Cc1cccc(F)c1S(=O)(=O)Nc1[nH]ncc1C#N. The summed E-state index contributed by atoms with van der Waals surface area (Å²) in [6.07, 6.45) is 1.17. The minimum Gasteiger partial charge on any atom is -0.263 e. The van der Waals surface area contributed by atoms with Crippen LogP contribution in [0.4, 0.5) is 10.2 Å². The van der Waals surface area contributed by atoms with Crippen molar-refractivity contribution in [1.82, 2.24) is 10.2 Å². The summed E-state index contributed by atoms with van der Waals surface area (Å²) in [5.74, 6) is -0.948. The molecular weight excluding hydrogens is 271 g/mol. The Balaban J connectivity index is 2.48. The highest BCUT2D eigenvalue weighted by molar-refractivity contribution is 7.92. The van der Waals surface area contributed by atoms with E-state index in [2.05, 4.69) is 14.9 Å². The summed E-state index contributed by atoms with van der Waals surface area (Å²) in [6, 6.07) is 5.72. The Hall–Kier alpha value is -2.40. The lowest BCUT2D eigenvalue weighted by Crippen LogP contribution is -2.16. The van der Waals surface area contributed by atoms with Crippen LogP contribution in [0.5, 0.6) is 0 Å². The van der Waals surface area contributed by atoms with Crippen LogP contribution >= 0.6 is 0 Å². The van der Waals surface area contributed by atoms with Gasteiger partial charge in [-0.2, -0.15) is 10.4 Å². The first-order valence-corrected chi connectivity index (χ1v) is 6.65. The number of aryl methyl sites for hydroxylation is 1. The molecule has 2 N–H and O–H groups in total. The second-order valence-electron chi connectivity index (χ2n) is 3.76. The zero-order valence-electron chi connectivity index (χ0n) is 9.81. The van der Waals surface area contributed by atoms with Crippen molar-refractivity contribution in [2.45, 2.75) is 11.8 Å². The van der Waals surface area contributed by atoms with Crippen molar-refractivity contribution >= 4 is 15.8 Å². The maximum absolute atomic E-state index is 13.6. The predicted octanol–water partition coefficient (Wildman–Crippen LogP) is 1.53. The van der Waals surface area contributed by atoms with E-state index in [-0.39, 0.29) is 16.9 Å². The first-order valence-electron chi connectivity index (χ1n) is 5.17. The summed E-state index contributed by atoms with van der Waals surface area (Å²) < 4.78 is 40.0. The Morgan fingerprint density at radius 2 is 2.21 bits per heavy atom. The molecule has 0 spiro atoms. The summed E-state index contributed by atoms with van der Waals surface area (Å²) >= 11 is 0. The molecule has 0 aliphatic heterocycles. The Kier molecular flexibility index (Phi) is 3.23. The summed E-state index contributed by atoms with van der Waals surface area (Å²) in [5, 5.41) is 14.6. The summed E-state index contributed by atoms with van der Waals surface area (Å²) in [4.78, 5) is -0.450. The van der Waals surface area contributed by atoms with Crippen LogP contribution in [0.25, 0.3) is 0 Å². The lowest BCUT2D eigenvalue weighted by Gasteiger charge is -2.09. The van der Waals surface area contributed by atoms with Gasteiger partial charge in [0.25, 0.3) is 10.0 Å². The van der Waals surface area contributed by atoms with Gasteiger partial charge in [0, 0.05) is 0 Å². The van der Waals surface area contributed by atoms with Gasteiger partial charge in [-0.15, -0.1) is 0 Å². The van der Waals surface area contributed by atoms with Crippen molar-refractivity contribution in [2.24, 2.45) is 0 Å². The number of rotatable bonds is 3. The fourth-order valence-electron chi connectivity index (χ4n) is 1.59. The molecule has 2 aromatic rings. The third-order valence-electron chi connectivity index (χ3n) is 2.43. The molecule has 0 aliphatic rings. The number of nitrogens with zero attached hydrogens (tertiary/aromatic N) is 2. The minimum absolute atomic E-state index is 0.0255. The van der Waals surface area contributed by atoms with Gasteiger partial charge in [0.2, 0.25) is 0 Å². The Morgan fingerprint density at radius 1 is 1.47 bits per heavy atom. The summed E-state index contributed by atoms with van der Waals surface area (Å²) in [6.45, 7) is 1.48. The molecule has 0 amide bonds. The maximum atomic E-state index is 13.6. The van der Waals surface area contributed by atoms with E-state index in [0.717, 1.165) is 6.07 Å². The van der Waals surface area contributed by atoms with Crippen LogP contribution < -0.4 is 4.72 Å². The van der Waals surface area contributed by atoms with Gasteiger partial charge in [-0.25, -0.2) is 12.8 Å². The normalized spacial score (nSPS) is 11.0. The van der Waals surface area contributed by atoms with Gasteiger partial charge in [-0.05, 0) is 18.6 Å². The zero-order valence-corrected chi connectivity index (χ0v) is 10.6. The van der Waals surface area contributed by atoms with E-state index in [1.54, 1.807) is 6.07 Å². The van der Waals surface area contributed by atoms with Gasteiger partial charge < -0.3 is 0 Å². The zero-order chi connectivity index (χ0) is 14.0. The molecule has 0 saturated heterocycles. The predicted molar refractivity (Wildman–Crippen MR) is 65.2 cm³/mol. The van der Waals surface area contributed by atoms with E-state index in [4.69, 9.17) is 5.26 Å². The van der Waals surface area contributed by atoms with Crippen molar-refractivity contribution in [3.05, 3.63) is 41.3 Å². The monoisotopic (exact) mass is 280 g/mol. The summed E-state index contributed by atoms with van der Waals surface area (Å²) in [5.41, 5.74) is 0.295. The Labute approximate surface area is 108 Å². The van der Waals surface area contributed by atoms with E-state index in [9.17, 15) is 12.8 Å². The number of nitriles is 1. The second kappa shape index (κ2) is 4.70. The van der Waals surface area contributed by atoms with Crippen LogP contribution in [-0.2, 0) is 10.0 Å². The molecule has 1 heterocycles. The van der Waals surface area contributed by atoms with Crippen LogP contribution in [0.2, 0.25) is 0 Å². The quantitative estimate of drug-likeness (QED) is 0.890. The van der Waals surface area contributed by atoms with Gasteiger partial charge in [-0.1, -0.05) is 12.1 Å². The number of anilines is 1. The molecule has 0 radical (unpaired) electrons. The van der Waals surface area contributed by atoms with E-state index in [1.165, 1.54) is 25.3 Å². The van der Waals surface area contributed by atoms with E-state index >= 15 is 0 Å². The van der Waals surface area contributed by atoms with Crippen LogP contribution in [-0.4, -0.2) is 18.6 Å². The first kappa shape index (κ1) is 13.0. The number of benzene rings is 1. The molecule has 0 unspecified atom stereocenters. The fraction of sp³-hybridized carbons (Fsp3) is 0.0909. The second-order valence-corrected chi connectivity index (χ2v) is 5.38. The molecular formula is C11H9FN4O2S. The smallest absolute Gasteiger partial charge is 0.263 e. The average molecular weight is 280 g/mol. The Morgan fingerprint density at radius 3 is 2.84 bits per heavy atom. The Bertz CT molecular complexity index is 741. The lowest BCUT2D eigenvalue weighted by atomic mass is 10.2. The minimum atomic E-state index is -4.12. The highest BCUT2D eigenvalue weighted by Crippen LogP contribution is 2.22. The van der Waals surface area contributed by atoms with Gasteiger partial charge in [0.15, 0.2) is 5.82 Å². The van der Waals surface area contributed by atoms with Crippen LogP contribution in [0.1, 0.15) is 11.1 Å². The van der Waals surface area contributed by atoms with Crippen LogP contribution in [0.15, 0.2) is 29.3 Å². The largest absolute Gasteiger partial charge is 0.266 e. The lowest BCUT2D eigenvalue weighted by molar-refractivity contribution is 0.568. The average Bonchev–Trinajstić information content (AvgIpc) is 2.74. The highest BCUT2D eigenvalue weighted by atomic mass is 32.2. The standard InChI is InChI=1S/C11H9FN4O2S/c1-7-3-2-4-9(12)10(7)19(17,18)16-11-8(5-13)6-14-15-11/h2-4,6H,1H3,(H2,14,15,16). The fourth-order valence-corrected chi connectivity index (χ4v) is 2.93. The third-order valence-corrected chi connectivity index (χ3v) is 3.96. The molecule has 6 nitrogen and oxygen atoms in total. The number of hydrogen-bond acceptors (Lipinski definition) is 4. The molecule has 19 heavy (non-hydrogen) atoms. The molecule has 0 aliphatic carbocycles. The summed E-state index contributed by atoms with van der Waals surface area (Å²) in [7, 11) is -4.12. The van der Waals surface area contributed by atoms with Gasteiger partial charge >= 0.3 is 0 Å². The van der Waals surface area contributed by atoms with Crippen LogP contribution in [0, 0.1) is 24.1 Å². The third kappa shape index (κ3) is 2.41. The molecule has 2 rings (SSSR count). The van der Waals surface area contributed by atoms with E-state index in [0.29, 0.717) is 0 Å². The van der Waals surface area contributed by atoms with Crippen LogP contribution in [0.3, 0.4) is 0 Å². The van der Waals surface area contributed by atoms with Gasteiger partial charge in [-0.3, -0.25) is 9.82 Å². The maximum Gasteiger partial charge on any atom is 0.266 e. The number of hydrogen-bond donors (Lipinski definition) is 2. The van der Waals surface area contributed by atoms with Crippen molar-refractivity contribution in [3.63, 3.8) is 0 Å². The first-order chi connectivity index (χ1) is 8.95. The van der Waals surface area contributed by atoms with Crippen molar-refractivity contribution in [2.75, 3.05) is 4.72 Å². The van der Waals surface area contributed by atoms with Gasteiger partial charge in [0.05, 0.1) is 6.20 Å². The molecule has 0 atom stereocenters. The molecule has 1 aromatic carbocycles. The topological polar surface area (TPSA) is 98.6 Å². The van der Waals surface area contributed by atoms with E-state index in [1.807, 2.05) is 0 Å². The number of halogens is 1. The van der Waals surface area contributed by atoms with Crippen molar-refractivity contribution in [1.29, 1.82) is 5.26 Å². The molecule has 8 heteroatoms. The van der Waals surface area contributed by atoms with Crippen molar-refractivity contribution < 1.29 is 12.8 Å². The molecule has 1 aromatic heterocycles. The number of aromatic amines is 1. The number of H-pyrrole nitrogens is 1.